The van der Waals surface area contributed by atoms with Gasteiger partial charge >= 0.3 is 5.97 Å². The van der Waals surface area contributed by atoms with Gasteiger partial charge in [0.1, 0.15) is 5.82 Å². The van der Waals surface area contributed by atoms with Gasteiger partial charge in [0.15, 0.2) is 0 Å². The number of esters is 1. The molecule has 1 fully saturated rings. The van der Waals surface area contributed by atoms with Crippen LogP contribution in [0.2, 0.25) is 0 Å². The number of aromatic nitrogens is 1. The average Bonchev–Trinajstić information content (AvgIpc) is 2.64. The van der Waals surface area contributed by atoms with Crippen molar-refractivity contribution in [3.63, 3.8) is 0 Å². The number of nitrogen functional groups attached to an aromatic ring is 1. The lowest BCUT2D eigenvalue weighted by Gasteiger charge is -2.21. The first-order valence-corrected chi connectivity index (χ1v) is 6.56. The molecule has 1 aromatic heterocycles. The van der Waals surface area contributed by atoms with Crippen molar-refractivity contribution >= 4 is 23.4 Å². The predicted molar refractivity (Wildman–Crippen MR) is 74.4 cm³/mol. The number of anilines is 2. The summed E-state index contributed by atoms with van der Waals surface area (Å²) in [4.78, 5) is 29.3. The van der Waals surface area contributed by atoms with Gasteiger partial charge in [-0.1, -0.05) is 0 Å². The molecule has 7 heteroatoms. The van der Waals surface area contributed by atoms with Crippen LogP contribution in [0.15, 0.2) is 12.3 Å². The molecule has 1 aliphatic heterocycles. The Morgan fingerprint density at radius 3 is 3.10 bits per heavy atom. The highest BCUT2D eigenvalue weighted by Crippen LogP contribution is 2.19. The molecule has 0 saturated carbocycles. The van der Waals surface area contributed by atoms with Gasteiger partial charge in [0.05, 0.1) is 24.1 Å². The fourth-order valence-electron chi connectivity index (χ4n) is 2.01. The van der Waals surface area contributed by atoms with E-state index in [1.165, 1.54) is 6.20 Å². The van der Waals surface area contributed by atoms with E-state index in [2.05, 4.69) is 10.3 Å². The maximum absolute atomic E-state index is 11.8. The monoisotopic (exact) mass is 278 g/mol. The Morgan fingerprint density at radius 1 is 1.55 bits per heavy atom. The molecule has 1 aliphatic rings. The van der Waals surface area contributed by atoms with Crippen LogP contribution < -0.4 is 16.0 Å². The number of ether oxygens (including phenoxy) is 1. The van der Waals surface area contributed by atoms with Crippen molar-refractivity contribution < 1.29 is 14.3 Å². The zero-order valence-corrected chi connectivity index (χ0v) is 11.4. The van der Waals surface area contributed by atoms with Gasteiger partial charge in [-0.05, 0) is 13.0 Å². The number of amides is 1. The number of nitrogens with one attached hydrogen (secondary N) is 1. The summed E-state index contributed by atoms with van der Waals surface area (Å²) in [5.74, 6) is 0.185. The van der Waals surface area contributed by atoms with E-state index in [9.17, 15) is 9.59 Å². The molecule has 1 aromatic rings. The minimum Gasteiger partial charge on any atom is -0.462 e. The summed E-state index contributed by atoms with van der Waals surface area (Å²) >= 11 is 0. The molecule has 1 saturated heterocycles. The standard InChI is InChI=1S/C13H18N4O3/c1-2-20-13(19)9-7-11(16-8-10(9)14)17-5-3-12(18)15-4-6-17/h7-8H,2-6,14H2,1H3,(H,15,18). The van der Waals surface area contributed by atoms with Gasteiger partial charge < -0.3 is 20.7 Å². The highest BCUT2D eigenvalue weighted by molar-refractivity contribution is 5.95. The van der Waals surface area contributed by atoms with Crippen LogP contribution in [-0.2, 0) is 9.53 Å². The van der Waals surface area contributed by atoms with Crippen molar-refractivity contribution in [2.45, 2.75) is 13.3 Å². The van der Waals surface area contributed by atoms with E-state index in [0.29, 0.717) is 37.4 Å². The number of carbonyl (C=O) groups is 2. The molecule has 0 unspecified atom stereocenters. The minimum atomic E-state index is -0.460. The van der Waals surface area contributed by atoms with E-state index in [4.69, 9.17) is 10.5 Å². The summed E-state index contributed by atoms with van der Waals surface area (Å²) in [6.07, 6.45) is 1.85. The Kier molecular flexibility index (Phi) is 4.39. The molecule has 0 atom stereocenters. The van der Waals surface area contributed by atoms with Crippen LogP contribution in [0.25, 0.3) is 0 Å². The van der Waals surface area contributed by atoms with Crippen LogP contribution in [0.4, 0.5) is 11.5 Å². The summed E-state index contributed by atoms with van der Waals surface area (Å²) < 4.78 is 4.96. The van der Waals surface area contributed by atoms with Crippen molar-refractivity contribution in [3.05, 3.63) is 17.8 Å². The first-order chi connectivity index (χ1) is 9.61. The Bertz CT molecular complexity index is 518. The summed E-state index contributed by atoms with van der Waals surface area (Å²) in [6, 6.07) is 1.61. The summed E-state index contributed by atoms with van der Waals surface area (Å²) in [6.45, 7) is 3.79. The first kappa shape index (κ1) is 14.1. The van der Waals surface area contributed by atoms with Gasteiger partial charge in [0.2, 0.25) is 5.91 Å². The van der Waals surface area contributed by atoms with Crippen molar-refractivity contribution in [1.29, 1.82) is 0 Å². The molecule has 2 rings (SSSR count). The molecule has 0 aliphatic carbocycles. The average molecular weight is 278 g/mol. The van der Waals surface area contributed by atoms with Gasteiger partial charge in [0.25, 0.3) is 0 Å². The third kappa shape index (κ3) is 3.17. The molecule has 7 nitrogen and oxygen atoms in total. The molecule has 0 spiro atoms. The molecule has 3 N–H and O–H groups in total. The smallest absolute Gasteiger partial charge is 0.340 e. The second-order valence-corrected chi connectivity index (χ2v) is 4.44. The van der Waals surface area contributed by atoms with Crippen molar-refractivity contribution in [1.82, 2.24) is 10.3 Å². The number of carbonyl (C=O) groups excluding carboxylic acids is 2. The summed E-state index contributed by atoms with van der Waals surface area (Å²) in [5.41, 5.74) is 6.35. The highest BCUT2D eigenvalue weighted by atomic mass is 16.5. The maximum atomic E-state index is 11.8. The maximum Gasteiger partial charge on any atom is 0.340 e. The van der Waals surface area contributed by atoms with E-state index >= 15 is 0 Å². The molecule has 1 amide bonds. The number of pyridine rings is 1. The second-order valence-electron chi connectivity index (χ2n) is 4.44. The molecule has 0 radical (unpaired) electrons. The Balaban J connectivity index is 2.22. The SMILES string of the molecule is CCOC(=O)c1cc(N2CCNC(=O)CC2)ncc1N. The van der Waals surface area contributed by atoms with Gasteiger partial charge in [-0.25, -0.2) is 9.78 Å². The minimum absolute atomic E-state index is 0.0218. The third-order valence-corrected chi connectivity index (χ3v) is 3.05. The molecule has 20 heavy (non-hydrogen) atoms. The van der Waals surface area contributed by atoms with Crippen molar-refractivity contribution in [3.8, 4) is 0 Å². The molecule has 0 bridgehead atoms. The lowest BCUT2D eigenvalue weighted by molar-refractivity contribution is -0.120. The quantitative estimate of drug-likeness (QED) is 0.765. The number of rotatable bonds is 3. The molecular weight excluding hydrogens is 260 g/mol. The Labute approximate surface area is 117 Å². The van der Waals surface area contributed by atoms with Gasteiger partial charge in [0, 0.05) is 26.1 Å². The van der Waals surface area contributed by atoms with Crippen molar-refractivity contribution in [2.75, 3.05) is 36.9 Å². The number of hydrogen-bond donors (Lipinski definition) is 2. The van der Waals surface area contributed by atoms with Gasteiger partial charge in [-0.15, -0.1) is 0 Å². The normalized spacial score (nSPS) is 15.4. The zero-order chi connectivity index (χ0) is 14.5. The van der Waals surface area contributed by atoms with E-state index in [1.807, 2.05) is 4.90 Å². The van der Waals surface area contributed by atoms with E-state index < -0.39 is 5.97 Å². The first-order valence-electron chi connectivity index (χ1n) is 6.56. The molecule has 108 valence electrons. The topological polar surface area (TPSA) is 97.5 Å². The van der Waals surface area contributed by atoms with E-state index in [1.54, 1.807) is 13.0 Å². The third-order valence-electron chi connectivity index (χ3n) is 3.05. The lowest BCUT2D eigenvalue weighted by Crippen LogP contribution is -2.29. The molecule has 0 aromatic carbocycles. The number of nitrogens with two attached hydrogens (primary N) is 1. The van der Waals surface area contributed by atoms with Gasteiger partial charge in [-0.3, -0.25) is 4.79 Å². The second kappa shape index (κ2) is 6.23. The highest BCUT2D eigenvalue weighted by Gasteiger charge is 2.18. The number of hydrogen-bond acceptors (Lipinski definition) is 6. The van der Waals surface area contributed by atoms with Crippen LogP contribution in [0, 0.1) is 0 Å². The Hall–Kier alpha value is -2.31. The fraction of sp³-hybridized carbons (Fsp3) is 0.462. The fourth-order valence-corrected chi connectivity index (χ4v) is 2.01. The van der Waals surface area contributed by atoms with Gasteiger partial charge in [-0.2, -0.15) is 0 Å². The van der Waals surface area contributed by atoms with E-state index in [-0.39, 0.29) is 18.2 Å². The van der Waals surface area contributed by atoms with Crippen LogP contribution in [0.5, 0.6) is 0 Å². The van der Waals surface area contributed by atoms with Crippen LogP contribution in [0.1, 0.15) is 23.7 Å². The molecular formula is C13H18N4O3. The Morgan fingerprint density at radius 2 is 2.35 bits per heavy atom. The van der Waals surface area contributed by atoms with Crippen LogP contribution >= 0.6 is 0 Å². The summed E-state index contributed by atoms with van der Waals surface area (Å²) in [7, 11) is 0. The lowest BCUT2D eigenvalue weighted by atomic mass is 10.2. The van der Waals surface area contributed by atoms with E-state index in [0.717, 1.165) is 0 Å². The molecule has 2 heterocycles. The summed E-state index contributed by atoms with van der Waals surface area (Å²) in [5, 5.41) is 2.79. The predicted octanol–water partition coefficient (Wildman–Crippen LogP) is 0.167. The van der Waals surface area contributed by atoms with Crippen LogP contribution in [-0.4, -0.2) is 43.1 Å². The largest absolute Gasteiger partial charge is 0.462 e. The number of nitrogens with zero attached hydrogens (tertiary/aromatic N) is 2. The van der Waals surface area contributed by atoms with Crippen molar-refractivity contribution in [2.24, 2.45) is 0 Å². The zero-order valence-electron chi connectivity index (χ0n) is 11.4. The van der Waals surface area contributed by atoms with Crippen LogP contribution in [0.3, 0.4) is 0 Å².